The first-order chi connectivity index (χ1) is 4.66. The van der Waals surface area contributed by atoms with Gasteiger partial charge in [-0.25, -0.2) is 4.79 Å². The van der Waals surface area contributed by atoms with Crippen molar-refractivity contribution in [3.8, 4) is 0 Å². The predicted molar refractivity (Wildman–Crippen MR) is 35.0 cm³/mol. The second-order valence-electron chi connectivity index (χ2n) is 2.00. The lowest BCUT2D eigenvalue weighted by atomic mass is 10.1. The Morgan fingerprint density at radius 2 is 2.40 bits per heavy atom. The van der Waals surface area contributed by atoms with E-state index in [2.05, 4.69) is 11.3 Å². The molecule has 3 heteroatoms. The van der Waals surface area contributed by atoms with Crippen molar-refractivity contribution in [2.45, 2.75) is 13.0 Å². The van der Waals surface area contributed by atoms with Crippen LogP contribution in [0.2, 0.25) is 0 Å². The normalized spacial score (nSPS) is 29.4. The van der Waals surface area contributed by atoms with Crippen molar-refractivity contribution in [2.24, 2.45) is 0 Å². The number of carbonyl (C=O) groups is 1. The highest BCUT2D eigenvalue weighted by Gasteiger charge is 2.31. The Kier molecular flexibility index (Phi) is 1.59. The molecule has 0 saturated carbocycles. The third-order valence-electron chi connectivity index (χ3n) is 1.37. The fourth-order valence-corrected chi connectivity index (χ4v) is 0.795. The molecule has 0 spiro atoms. The molecular formula is C7H8O3. The van der Waals surface area contributed by atoms with Gasteiger partial charge in [-0.2, -0.15) is 0 Å². The van der Waals surface area contributed by atoms with Gasteiger partial charge in [0.05, 0.1) is 5.57 Å². The van der Waals surface area contributed by atoms with Gasteiger partial charge >= 0.3 is 5.97 Å². The number of rotatable bonds is 0. The summed E-state index contributed by atoms with van der Waals surface area (Å²) < 4.78 is 4.53. The van der Waals surface area contributed by atoms with Crippen molar-refractivity contribution >= 4 is 5.97 Å². The van der Waals surface area contributed by atoms with Crippen LogP contribution in [-0.2, 0) is 9.53 Å². The first-order valence-electron chi connectivity index (χ1n) is 2.92. The molecule has 10 heavy (non-hydrogen) atoms. The average Bonchev–Trinajstić information content (AvgIpc) is 2.09. The smallest absolute Gasteiger partial charge is 0.341 e. The van der Waals surface area contributed by atoms with Gasteiger partial charge in [0.25, 0.3) is 0 Å². The van der Waals surface area contributed by atoms with Gasteiger partial charge in [0.2, 0.25) is 0 Å². The van der Waals surface area contributed by atoms with Gasteiger partial charge in [0.1, 0.15) is 11.9 Å². The highest BCUT2D eigenvalue weighted by molar-refractivity contribution is 5.93. The highest BCUT2D eigenvalue weighted by atomic mass is 16.6. The van der Waals surface area contributed by atoms with E-state index in [9.17, 15) is 4.79 Å². The fourth-order valence-electron chi connectivity index (χ4n) is 0.795. The number of hydrogen-bond donors (Lipinski definition) is 1. The molecule has 0 amide bonds. The summed E-state index contributed by atoms with van der Waals surface area (Å²) >= 11 is 0. The standard InChI is InChI=1S/C7H8O3/c1-3-5-6(8)4(2)10-7(5)9/h3,6,8H,2H2,1H3/b5-3+/t6-/m1/s1. The third kappa shape index (κ3) is 0.844. The van der Waals surface area contributed by atoms with Gasteiger partial charge < -0.3 is 9.84 Å². The molecule has 1 atom stereocenters. The zero-order valence-corrected chi connectivity index (χ0v) is 5.63. The van der Waals surface area contributed by atoms with Crippen LogP contribution in [0.3, 0.4) is 0 Å². The largest absolute Gasteiger partial charge is 0.425 e. The molecule has 54 valence electrons. The van der Waals surface area contributed by atoms with Crippen LogP contribution < -0.4 is 0 Å². The van der Waals surface area contributed by atoms with Crippen LogP contribution in [0.5, 0.6) is 0 Å². The van der Waals surface area contributed by atoms with Gasteiger partial charge in [-0.05, 0) is 6.92 Å². The molecule has 0 bridgehead atoms. The van der Waals surface area contributed by atoms with E-state index in [0.29, 0.717) is 0 Å². The van der Waals surface area contributed by atoms with Gasteiger partial charge in [0.15, 0.2) is 0 Å². The van der Waals surface area contributed by atoms with Crippen LogP contribution in [-0.4, -0.2) is 17.2 Å². The van der Waals surface area contributed by atoms with Crippen LogP contribution in [0.1, 0.15) is 6.92 Å². The minimum Gasteiger partial charge on any atom is -0.425 e. The number of hydrogen-bond acceptors (Lipinski definition) is 3. The topological polar surface area (TPSA) is 46.5 Å². The van der Waals surface area contributed by atoms with Crippen LogP contribution in [0.25, 0.3) is 0 Å². The van der Waals surface area contributed by atoms with Gasteiger partial charge in [0, 0.05) is 0 Å². The van der Waals surface area contributed by atoms with E-state index in [0.717, 1.165) is 0 Å². The van der Waals surface area contributed by atoms with E-state index in [4.69, 9.17) is 5.11 Å². The number of aliphatic hydroxyl groups excluding tert-OH is 1. The quantitative estimate of drug-likeness (QED) is 0.390. The molecule has 0 aliphatic carbocycles. The average molecular weight is 140 g/mol. The lowest BCUT2D eigenvalue weighted by Crippen LogP contribution is -2.06. The predicted octanol–water partition coefficient (Wildman–Crippen LogP) is 0.364. The Morgan fingerprint density at radius 1 is 1.80 bits per heavy atom. The molecule has 1 N–H and O–H groups in total. The van der Waals surface area contributed by atoms with Crippen LogP contribution in [0, 0.1) is 0 Å². The van der Waals surface area contributed by atoms with Crippen molar-refractivity contribution < 1.29 is 14.6 Å². The zero-order chi connectivity index (χ0) is 7.72. The van der Waals surface area contributed by atoms with Crippen molar-refractivity contribution in [3.05, 3.63) is 24.0 Å². The first kappa shape index (κ1) is 7.02. The number of esters is 1. The van der Waals surface area contributed by atoms with Crippen LogP contribution >= 0.6 is 0 Å². The summed E-state index contributed by atoms with van der Waals surface area (Å²) in [7, 11) is 0. The summed E-state index contributed by atoms with van der Waals surface area (Å²) in [5.74, 6) is -0.391. The molecule has 1 saturated heterocycles. The van der Waals surface area contributed by atoms with E-state index in [-0.39, 0.29) is 11.3 Å². The van der Waals surface area contributed by atoms with Crippen molar-refractivity contribution in [1.82, 2.24) is 0 Å². The maximum Gasteiger partial charge on any atom is 0.341 e. The number of ether oxygens (including phenoxy) is 1. The fraction of sp³-hybridized carbons (Fsp3) is 0.286. The Bertz CT molecular complexity index is 215. The van der Waals surface area contributed by atoms with Gasteiger partial charge in [-0.3, -0.25) is 0 Å². The van der Waals surface area contributed by atoms with Crippen molar-refractivity contribution in [2.75, 3.05) is 0 Å². The van der Waals surface area contributed by atoms with Crippen molar-refractivity contribution in [1.29, 1.82) is 0 Å². The van der Waals surface area contributed by atoms with E-state index in [1.54, 1.807) is 6.92 Å². The number of carbonyl (C=O) groups excluding carboxylic acids is 1. The molecule has 0 unspecified atom stereocenters. The molecule has 0 aromatic heterocycles. The highest BCUT2D eigenvalue weighted by Crippen LogP contribution is 2.22. The maximum atomic E-state index is 10.7. The summed E-state index contributed by atoms with van der Waals surface area (Å²) in [6.07, 6.45) is 0.586. The molecule has 1 fully saturated rings. The Morgan fingerprint density at radius 3 is 2.60 bits per heavy atom. The van der Waals surface area contributed by atoms with Crippen LogP contribution in [0.4, 0.5) is 0 Å². The summed E-state index contributed by atoms with van der Waals surface area (Å²) in [5.41, 5.74) is 0.269. The second-order valence-corrected chi connectivity index (χ2v) is 2.00. The summed E-state index contributed by atoms with van der Waals surface area (Å²) in [6.45, 7) is 5.01. The van der Waals surface area contributed by atoms with Crippen molar-refractivity contribution in [3.63, 3.8) is 0 Å². The molecular weight excluding hydrogens is 132 g/mol. The number of cyclic esters (lactones) is 1. The monoisotopic (exact) mass is 140 g/mol. The Hall–Kier alpha value is -1.09. The van der Waals surface area contributed by atoms with E-state index >= 15 is 0 Å². The zero-order valence-electron chi connectivity index (χ0n) is 5.63. The molecule has 1 aliphatic heterocycles. The second kappa shape index (κ2) is 2.27. The minimum atomic E-state index is -0.933. The number of allylic oxidation sites excluding steroid dienone is 1. The molecule has 3 nitrogen and oxygen atoms in total. The SMILES string of the molecule is C=C1OC(=O)/C(=C/C)[C@@H]1O. The van der Waals surface area contributed by atoms with Gasteiger partial charge in [-0.1, -0.05) is 12.7 Å². The maximum absolute atomic E-state index is 10.7. The minimum absolute atomic E-state index is 0.109. The van der Waals surface area contributed by atoms with E-state index in [1.807, 2.05) is 0 Å². The van der Waals surface area contributed by atoms with Gasteiger partial charge in [-0.15, -0.1) is 0 Å². The molecule has 1 aliphatic rings. The third-order valence-corrected chi connectivity index (χ3v) is 1.37. The summed E-state index contributed by atoms with van der Waals surface area (Å²) in [4.78, 5) is 10.7. The summed E-state index contributed by atoms with van der Waals surface area (Å²) in [6, 6.07) is 0. The molecule has 1 heterocycles. The van der Waals surface area contributed by atoms with E-state index in [1.165, 1.54) is 6.08 Å². The molecule has 0 aromatic carbocycles. The first-order valence-corrected chi connectivity index (χ1v) is 2.92. The summed E-state index contributed by atoms with van der Waals surface area (Å²) in [5, 5.41) is 9.11. The lowest BCUT2D eigenvalue weighted by Gasteiger charge is -1.95. The Balaban J connectivity index is 2.95. The van der Waals surface area contributed by atoms with Crippen LogP contribution in [0.15, 0.2) is 24.0 Å². The lowest BCUT2D eigenvalue weighted by molar-refractivity contribution is -0.132. The Labute approximate surface area is 58.6 Å². The molecule has 1 rings (SSSR count). The number of aliphatic hydroxyl groups is 1. The molecule has 0 aromatic rings. The van der Waals surface area contributed by atoms with E-state index < -0.39 is 12.1 Å². The molecule has 0 radical (unpaired) electrons.